The largest absolute Gasteiger partial charge is 0.393 e. The van der Waals surface area contributed by atoms with E-state index >= 15 is 0 Å². The molecule has 0 radical (unpaired) electrons. The number of benzene rings is 1. The third-order valence-electron chi connectivity index (χ3n) is 13.1. The number of carbonyl (C=O) groups excluding carboxylic acids is 1. The molecule has 11 atom stereocenters. The molecule has 8 heteroatoms. The van der Waals surface area contributed by atoms with Crippen molar-refractivity contribution >= 4 is 16.1 Å². The summed E-state index contributed by atoms with van der Waals surface area (Å²) < 4.78 is 27.6. The number of carbonyl (C=O) groups is 1. The maximum atomic E-state index is 12.7. The summed E-state index contributed by atoms with van der Waals surface area (Å²) in [5.41, 5.74) is 2.22. The zero-order valence-corrected chi connectivity index (χ0v) is 27.3. The van der Waals surface area contributed by atoms with Crippen LogP contribution in [0.25, 0.3) is 0 Å². The number of amides is 2. The maximum absolute atomic E-state index is 12.7. The van der Waals surface area contributed by atoms with Gasteiger partial charge in [-0.05, 0) is 141 Å². The molecule has 0 heterocycles. The highest BCUT2D eigenvalue weighted by atomic mass is 32.2. The van der Waals surface area contributed by atoms with Crippen LogP contribution < -0.4 is 10.0 Å². The number of aliphatic hydroxyl groups excluding tert-OH is 2. The molecule has 4 aliphatic carbocycles. The fourth-order valence-electron chi connectivity index (χ4n) is 10.6. The molecule has 5 rings (SSSR count). The van der Waals surface area contributed by atoms with Gasteiger partial charge in [0.25, 0.3) is 10.0 Å². The smallest absolute Gasteiger partial charge is 0.328 e. The summed E-state index contributed by atoms with van der Waals surface area (Å²) in [5, 5.41) is 25.2. The fourth-order valence-corrected chi connectivity index (χ4v) is 11.7. The van der Waals surface area contributed by atoms with Crippen LogP contribution in [0.1, 0.15) is 96.6 Å². The van der Waals surface area contributed by atoms with E-state index in [9.17, 15) is 23.4 Å². The fraction of sp³-hybridized carbons (Fsp3) is 0.794. The van der Waals surface area contributed by atoms with E-state index in [0.29, 0.717) is 42.1 Å². The molecule has 4 saturated carbocycles. The lowest BCUT2D eigenvalue weighted by Crippen LogP contribution is -2.62. The molecule has 4 fully saturated rings. The van der Waals surface area contributed by atoms with Crippen LogP contribution >= 0.6 is 0 Å². The van der Waals surface area contributed by atoms with Crippen molar-refractivity contribution in [2.24, 2.45) is 52.3 Å². The Morgan fingerprint density at radius 2 is 1.69 bits per heavy atom. The average molecular weight is 603 g/mol. The first kappa shape index (κ1) is 31.8. The molecule has 4 N–H and O–H groups in total. The number of sulfonamides is 1. The van der Waals surface area contributed by atoms with Gasteiger partial charge in [0, 0.05) is 6.54 Å². The Hall–Kier alpha value is -1.64. The molecule has 2 amide bonds. The number of hydrogen-bond acceptors (Lipinski definition) is 5. The SMILES string of the molecule is CC[C@H]1[C@@H](O)[C@@H]2[C@H](CC[C@]3(C)[C@@H]([C@H](C)CCNC(=O)NS(=O)(=O)c4ccc(C)c(C)c4)CC[C@@H]23)[C@@]2(C)CC[C@@H](O)C[C@@H]12. The Balaban J connectivity index is 1.21. The van der Waals surface area contributed by atoms with Crippen LogP contribution in [-0.2, 0) is 10.0 Å². The predicted octanol–water partition coefficient (Wildman–Crippen LogP) is 5.94. The van der Waals surface area contributed by atoms with Crippen LogP contribution in [0, 0.1) is 66.1 Å². The molecule has 0 aliphatic heterocycles. The summed E-state index contributed by atoms with van der Waals surface area (Å²) in [6, 6.07) is 4.17. The summed E-state index contributed by atoms with van der Waals surface area (Å²) in [5.74, 6) is 2.89. The third kappa shape index (κ3) is 5.42. The Bertz CT molecular complexity index is 1270. The first-order valence-electron chi connectivity index (χ1n) is 16.5. The van der Waals surface area contributed by atoms with Crippen molar-refractivity contribution in [2.45, 2.75) is 116 Å². The van der Waals surface area contributed by atoms with E-state index in [1.807, 2.05) is 13.8 Å². The van der Waals surface area contributed by atoms with Crippen LogP contribution in [0.4, 0.5) is 4.79 Å². The highest BCUT2D eigenvalue weighted by Gasteiger charge is 2.64. The van der Waals surface area contributed by atoms with Gasteiger partial charge >= 0.3 is 6.03 Å². The molecule has 0 aromatic heterocycles. The van der Waals surface area contributed by atoms with Crippen molar-refractivity contribution < 1.29 is 23.4 Å². The van der Waals surface area contributed by atoms with E-state index in [1.165, 1.54) is 12.5 Å². The molecular weight excluding hydrogens is 548 g/mol. The Kier molecular flexibility index (Phi) is 8.85. The number of fused-ring (bicyclic) bond motifs is 5. The summed E-state index contributed by atoms with van der Waals surface area (Å²) in [6.07, 6.45) is 8.62. The maximum Gasteiger partial charge on any atom is 0.328 e. The quantitative estimate of drug-likeness (QED) is 0.308. The van der Waals surface area contributed by atoms with E-state index in [0.717, 1.165) is 62.5 Å². The number of rotatable bonds is 7. The van der Waals surface area contributed by atoms with Gasteiger partial charge in [0.05, 0.1) is 17.1 Å². The lowest BCUT2D eigenvalue weighted by molar-refractivity contribution is -0.203. The summed E-state index contributed by atoms with van der Waals surface area (Å²) in [6.45, 7) is 13.6. The Morgan fingerprint density at radius 3 is 2.38 bits per heavy atom. The van der Waals surface area contributed by atoms with Crippen LogP contribution in [0.3, 0.4) is 0 Å². The second-order valence-electron chi connectivity index (χ2n) is 15.0. The van der Waals surface area contributed by atoms with Crippen molar-refractivity contribution in [1.29, 1.82) is 0 Å². The van der Waals surface area contributed by atoms with Crippen molar-refractivity contribution in [1.82, 2.24) is 10.0 Å². The highest BCUT2D eigenvalue weighted by Crippen LogP contribution is 2.69. The Labute approximate surface area is 253 Å². The van der Waals surface area contributed by atoms with Gasteiger partial charge in [0.1, 0.15) is 0 Å². The molecule has 1 aromatic carbocycles. The van der Waals surface area contributed by atoms with Crippen molar-refractivity contribution in [3.05, 3.63) is 29.3 Å². The number of hydrogen-bond donors (Lipinski definition) is 4. The molecule has 0 saturated heterocycles. The zero-order chi connectivity index (χ0) is 30.6. The average Bonchev–Trinajstić information content (AvgIpc) is 3.28. The van der Waals surface area contributed by atoms with Gasteiger partial charge in [-0.25, -0.2) is 17.9 Å². The van der Waals surface area contributed by atoms with E-state index in [-0.39, 0.29) is 33.9 Å². The number of urea groups is 1. The summed E-state index contributed by atoms with van der Waals surface area (Å²) in [7, 11) is -3.93. The minimum Gasteiger partial charge on any atom is -0.393 e. The lowest BCUT2D eigenvalue weighted by atomic mass is 9.41. The van der Waals surface area contributed by atoms with Crippen molar-refractivity contribution in [3.8, 4) is 0 Å². The molecule has 7 nitrogen and oxygen atoms in total. The third-order valence-corrected chi connectivity index (χ3v) is 14.4. The monoisotopic (exact) mass is 602 g/mol. The van der Waals surface area contributed by atoms with E-state index < -0.39 is 16.1 Å². The number of nitrogens with one attached hydrogen (secondary N) is 2. The summed E-state index contributed by atoms with van der Waals surface area (Å²) >= 11 is 0. The molecule has 236 valence electrons. The van der Waals surface area contributed by atoms with E-state index in [1.54, 1.807) is 12.1 Å². The number of aryl methyl sites for hydroxylation is 2. The normalized spacial score (nSPS) is 40.4. The molecule has 42 heavy (non-hydrogen) atoms. The van der Waals surface area contributed by atoms with E-state index in [2.05, 4.69) is 37.7 Å². The second kappa shape index (κ2) is 11.7. The van der Waals surface area contributed by atoms with Gasteiger partial charge in [-0.15, -0.1) is 0 Å². The minimum atomic E-state index is -3.93. The van der Waals surface area contributed by atoms with Gasteiger partial charge in [-0.1, -0.05) is 40.2 Å². The van der Waals surface area contributed by atoms with Crippen LogP contribution in [0.5, 0.6) is 0 Å². The summed E-state index contributed by atoms with van der Waals surface area (Å²) in [4.78, 5) is 12.6. The predicted molar refractivity (Wildman–Crippen MR) is 165 cm³/mol. The molecule has 1 aromatic rings. The molecule has 0 bridgehead atoms. The van der Waals surface area contributed by atoms with E-state index in [4.69, 9.17) is 0 Å². The lowest BCUT2D eigenvalue weighted by Gasteiger charge is -2.64. The second-order valence-corrected chi connectivity index (χ2v) is 16.7. The van der Waals surface area contributed by atoms with Crippen molar-refractivity contribution in [3.63, 3.8) is 0 Å². The first-order valence-corrected chi connectivity index (χ1v) is 17.9. The van der Waals surface area contributed by atoms with Crippen LogP contribution in [0.2, 0.25) is 0 Å². The molecule has 0 spiro atoms. The number of aliphatic hydroxyl groups is 2. The standard InChI is InChI=1S/C34H54N2O5S/c1-7-25-29-19-23(37)12-15-34(29,6)28-13-16-33(5)26(10-11-27(33)30(28)31(25)38)21(3)14-17-35-32(39)36-42(40,41)24-9-8-20(2)22(4)18-24/h8-9,18,21,23,25-31,37-38H,7,10-17,19H2,1-6H3,(H2,35,36,39)/t21-,23-,25-,26-,27+,28+,29+,30+,31-,33-,34-/m1/s1. The van der Waals surface area contributed by atoms with Gasteiger partial charge in [-0.3, -0.25) is 0 Å². The Morgan fingerprint density at radius 1 is 1.00 bits per heavy atom. The van der Waals surface area contributed by atoms with Gasteiger partial charge in [-0.2, -0.15) is 0 Å². The molecular formula is C34H54N2O5S. The van der Waals surface area contributed by atoms with Crippen molar-refractivity contribution in [2.75, 3.05) is 6.54 Å². The molecule has 0 unspecified atom stereocenters. The van der Waals surface area contributed by atoms with Crippen LogP contribution in [-0.4, -0.2) is 43.4 Å². The minimum absolute atomic E-state index is 0.0921. The van der Waals surface area contributed by atoms with Gasteiger partial charge in [0.15, 0.2) is 0 Å². The van der Waals surface area contributed by atoms with Gasteiger partial charge in [0.2, 0.25) is 0 Å². The molecule has 4 aliphatic rings. The van der Waals surface area contributed by atoms with Gasteiger partial charge < -0.3 is 15.5 Å². The zero-order valence-electron chi connectivity index (χ0n) is 26.5. The topological polar surface area (TPSA) is 116 Å². The highest BCUT2D eigenvalue weighted by molar-refractivity contribution is 7.90. The van der Waals surface area contributed by atoms with Crippen LogP contribution in [0.15, 0.2) is 23.1 Å². The first-order chi connectivity index (χ1) is 19.7.